The van der Waals surface area contributed by atoms with Crippen molar-refractivity contribution in [1.29, 1.82) is 0 Å². The summed E-state index contributed by atoms with van der Waals surface area (Å²) in [7, 11) is -4.34. The van der Waals surface area contributed by atoms with Crippen molar-refractivity contribution in [2.24, 2.45) is 5.73 Å². The van der Waals surface area contributed by atoms with Crippen LogP contribution in [-0.2, 0) is 14.9 Å². The second kappa shape index (κ2) is 5.30. The highest BCUT2D eigenvalue weighted by atomic mass is 32.2. The van der Waals surface area contributed by atoms with Gasteiger partial charge in [-0.2, -0.15) is 8.42 Å². The van der Waals surface area contributed by atoms with E-state index in [1.54, 1.807) is 0 Å². The fourth-order valence-electron chi connectivity index (χ4n) is 1.50. The quantitative estimate of drug-likeness (QED) is 0.689. The third-order valence-corrected chi connectivity index (χ3v) is 3.28. The smallest absolute Gasteiger partial charge is 0.305 e. The normalized spacial score (nSPS) is 13.0. The van der Waals surface area contributed by atoms with Crippen molar-refractivity contribution in [3.63, 3.8) is 0 Å². The number of nitrogens with two attached hydrogens (primary N) is 1. The lowest BCUT2D eigenvalue weighted by atomic mass is 10.0. The van der Waals surface area contributed by atoms with Gasteiger partial charge in [-0.1, -0.05) is 18.7 Å². The van der Waals surface area contributed by atoms with Crippen molar-refractivity contribution < 1.29 is 22.9 Å². The van der Waals surface area contributed by atoms with E-state index in [0.717, 1.165) is 0 Å². The second-order valence-electron chi connectivity index (χ2n) is 3.68. The summed E-state index contributed by atoms with van der Waals surface area (Å²) in [5.74, 6) is -1.05. The summed E-state index contributed by atoms with van der Waals surface area (Å²) in [6.45, 7) is 3.43. The van der Waals surface area contributed by atoms with Crippen LogP contribution in [0.5, 0.6) is 0 Å². The molecule has 0 aromatic heterocycles. The average Bonchev–Trinajstić information content (AvgIpc) is 2.26. The molecule has 0 radical (unpaired) electrons. The first kappa shape index (κ1) is 14.4. The summed E-state index contributed by atoms with van der Waals surface area (Å²) in [4.78, 5) is 10.2. The predicted molar refractivity (Wildman–Crippen MR) is 65.5 cm³/mol. The van der Waals surface area contributed by atoms with E-state index in [1.807, 2.05) is 0 Å². The maximum Gasteiger partial charge on any atom is 0.305 e. The van der Waals surface area contributed by atoms with Gasteiger partial charge in [-0.05, 0) is 23.3 Å². The highest BCUT2D eigenvalue weighted by Crippen LogP contribution is 2.22. The lowest BCUT2D eigenvalue weighted by molar-refractivity contribution is -0.137. The topological polar surface area (TPSA) is 118 Å². The van der Waals surface area contributed by atoms with Crippen molar-refractivity contribution in [3.05, 3.63) is 35.9 Å². The first-order valence-corrected chi connectivity index (χ1v) is 6.41. The van der Waals surface area contributed by atoms with Gasteiger partial charge in [0.25, 0.3) is 10.1 Å². The molecule has 0 fully saturated rings. The molecule has 1 aromatic rings. The zero-order chi connectivity index (χ0) is 13.9. The number of hydrogen-bond donors (Lipinski definition) is 3. The highest BCUT2D eigenvalue weighted by Gasteiger charge is 2.17. The van der Waals surface area contributed by atoms with Crippen LogP contribution in [0.15, 0.2) is 29.7 Å². The molecule has 98 valence electrons. The lowest BCUT2D eigenvalue weighted by Gasteiger charge is -2.11. The number of aliphatic carboxylic acids is 1. The van der Waals surface area contributed by atoms with Gasteiger partial charge in [-0.3, -0.25) is 9.35 Å². The van der Waals surface area contributed by atoms with Gasteiger partial charge in [0.05, 0.1) is 6.42 Å². The van der Waals surface area contributed by atoms with E-state index in [0.29, 0.717) is 5.56 Å². The van der Waals surface area contributed by atoms with Crippen molar-refractivity contribution in [3.8, 4) is 0 Å². The SMILES string of the molecule is C=Cc1cc(C(N)CC(=O)O)ccc1S(=O)(=O)O. The third-order valence-electron chi connectivity index (χ3n) is 2.35. The minimum atomic E-state index is -4.34. The molecular formula is C11H13NO5S. The first-order chi connectivity index (χ1) is 8.25. The summed E-state index contributed by atoms with van der Waals surface area (Å²) in [6, 6.07) is 3.17. The number of hydrogen-bond acceptors (Lipinski definition) is 4. The largest absolute Gasteiger partial charge is 0.481 e. The summed E-state index contributed by atoms with van der Waals surface area (Å²) >= 11 is 0. The van der Waals surface area contributed by atoms with Crippen molar-refractivity contribution in [2.75, 3.05) is 0 Å². The van der Waals surface area contributed by atoms with Crippen LogP contribution in [0.2, 0.25) is 0 Å². The van der Waals surface area contributed by atoms with E-state index in [2.05, 4.69) is 6.58 Å². The molecule has 0 heterocycles. The average molecular weight is 271 g/mol. The molecule has 18 heavy (non-hydrogen) atoms. The molecule has 0 aliphatic carbocycles. The number of carbonyl (C=O) groups is 1. The van der Waals surface area contributed by atoms with Gasteiger partial charge in [0, 0.05) is 6.04 Å². The van der Waals surface area contributed by atoms with Crippen molar-refractivity contribution in [2.45, 2.75) is 17.4 Å². The Hall–Kier alpha value is -1.70. The van der Waals surface area contributed by atoms with Crippen LogP contribution in [0, 0.1) is 0 Å². The van der Waals surface area contributed by atoms with Crippen LogP contribution in [-0.4, -0.2) is 24.0 Å². The van der Waals surface area contributed by atoms with Gasteiger partial charge >= 0.3 is 5.97 Å². The van der Waals surface area contributed by atoms with E-state index in [9.17, 15) is 13.2 Å². The van der Waals surface area contributed by atoms with Crippen LogP contribution < -0.4 is 5.73 Å². The van der Waals surface area contributed by atoms with Gasteiger partial charge in [-0.25, -0.2) is 0 Å². The van der Waals surface area contributed by atoms with Crippen LogP contribution >= 0.6 is 0 Å². The van der Waals surface area contributed by atoms with Gasteiger partial charge in [0.15, 0.2) is 0 Å². The maximum atomic E-state index is 11.1. The Morgan fingerprint density at radius 2 is 2.11 bits per heavy atom. The maximum absolute atomic E-state index is 11.1. The molecule has 0 saturated heterocycles. The van der Waals surface area contributed by atoms with Gasteiger partial charge in [0.1, 0.15) is 4.90 Å². The Labute approximate surface area is 104 Å². The van der Waals surface area contributed by atoms with Gasteiger partial charge in [0.2, 0.25) is 0 Å². The minimum absolute atomic E-state index is 0.177. The number of carboxylic acid groups (broad SMARTS) is 1. The summed E-state index contributed by atoms with van der Waals surface area (Å²) in [6.07, 6.45) is 0.974. The fraction of sp³-hybridized carbons (Fsp3) is 0.182. The fourth-order valence-corrected chi connectivity index (χ4v) is 2.18. The Morgan fingerprint density at radius 3 is 2.56 bits per heavy atom. The zero-order valence-electron chi connectivity index (χ0n) is 9.41. The molecule has 0 aliphatic heterocycles. The molecule has 0 spiro atoms. The first-order valence-electron chi connectivity index (χ1n) is 4.97. The molecule has 4 N–H and O–H groups in total. The van der Waals surface area contributed by atoms with Crippen molar-refractivity contribution in [1.82, 2.24) is 0 Å². The Bertz CT molecular complexity index is 579. The second-order valence-corrected chi connectivity index (χ2v) is 5.07. The molecule has 1 aromatic carbocycles. The Morgan fingerprint density at radius 1 is 1.50 bits per heavy atom. The molecule has 0 saturated carbocycles. The van der Waals surface area contributed by atoms with E-state index >= 15 is 0 Å². The monoisotopic (exact) mass is 271 g/mol. The van der Waals surface area contributed by atoms with Crippen LogP contribution in [0.25, 0.3) is 6.08 Å². The van der Waals surface area contributed by atoms with Crippen LogP contribution in [0.4, 0.5) is 0 Å². The molecule has 0 amide bonds. The van der Waals surface area contributed by atoms with Crippen molar-refractivity contribution >= 4 is 22.2 Å². The summed E-state index contributed by atoms with van der Waals surface area (Å²) in [5, 5.41) is 8.62. The van der Waals surface area contributed by atoms with E-state index in [1.165, 1.54) is 24.3 Å². The third kappa shape index (κ3) is 3.39. The van der Waals surface area contributed by atoms with Crippen LogP contribution in [0.3, 0.4) is 0 Å². The summed E-state index contributed by atoms with van der Waals surface area (Å²) < 4.78 is 31.1. The molecule has 1 unspecified atom stereocenters. The zero-order valence-corrected chi connectivity index (χ0v) is 10.2. The van der Waals surface area contributed by atoms with E-state index in [-0.39, 0.29) is 16.9 Å². The number of benzene rings is 1. The van der Waals surface area contributed by atoms with Crippen LogP contribution in [0.1, 0.15) is 23.6 Å². The predicted octanol–water partition coefficient (Wildman–Crippen LogP) is 1.05. The Balaban J connectivity index is 3.22. The molecule has 7 heteroatoms. The molecule has 1 atom stereocenters. The highest BCUT2D eigenvalue weighted by molar-refractivity contribution is 7.85. The Kier molecular flexibility index (Phi) is 4.23. The van der Waals surface area contributed by atoms with E-state index in [4.69, 9.17) is 15.4 Å². The molecule has 0 aliphatic rings. The number of carboxylic acids is 1. The molecular weight excluding hydrogens is 258 g/mol. The molecule has 0 bridgehead atoms. The van der Waals surface area contributed by atoms with Gasteiger partial charge in [-0.15, -0.1) is 0 Å². The number of rotatable bonds is 5. The van der Waals surface area contributed by atoms with E-state index < -0.39 is 22.1 Å². The lowest BCUT2D eigenvalue weighted by Crippen LogP contribution is -2.15. The minimum Gasteiger partial charge on any atom is -0.481 e. The molecule has 6 nitrogen and oxygen atoms in total. The standard InChI is InChI=1S/C11H13NO5S/c1-2-7-5-8(9(12)6-11(13)14)3-4-10(7)18(15,16)17/h2-5,9H,1,6,12H2,(H,13,14)(H,15,16,17). The molecule has 1 rings (SSSR count). The van der Waals surface area contributed by atoms with Gasteiger partial charge < -0.3 is 10.8 Å². The summed E-state index contributed by atoms with van der Waals surface area (Å²) in [5.41, 5.74) is 6.29.